The van der Waals surface area contributed by atoms with Crippen LogP contribution in [0.1, 0.15) is 35.7 Å². The third kappa shape index (κ3) is 6.59. The van der Waals surface area contributed by atoms with Crippen molar-refractivity contribution in [1.82, 2.24) is 5.32 Å². The Hall–Kier alpha value is -3.94. The number of amides is 3. The third-order valence-corrected chi connectivity index (χ3v) is 6.34. The summed E-state index contributed by atoms with van der Waals surface area (Å²) in [5.74, 6) is -1.62. The average molecular weight is 493 g/mol. The van der Waals surface area contributed by atoms with E-state index in [9.17, 15) is 18.4 Å². The van der Waals surface area contributed by atoms with Gasteiger partial charge in [-0.1, -0.05) is 37.3 Å². The average Bonchev–Trinajstić information content (AvgIpc) is 2.87. The summed E-state index contributed by atoms with van der Waals surface area (Å²) in [6.45, 7) is 4.42. The van der Waals surface area contributed by atoms with E-state index in [4.69, 9.17) is 0 Å². The van der Waals surface area contributed by atoms with Gasteiger partial charge >= 0.3 is 6.03 Å². The Balaban J connectivity index is 1.48. The molecule has 3 amide bonds. The van der Waals surface area contributed by atoms with Crippen molar-refractivity contribution in [2.45, 2.75) is 26.2 Å². The Morgan fingerprint density at radius 1 is 0.889 bits per heavy atom. The molecule has 1 aliphatic rings. The van der Waals surface area contributed by atoms with E-state index in [1.165, 1.54) is 6.07 Å². The first-order chi connectivity index (χ1) is 17.4. The molecule has 1 aliphatic heterocycles. The van der Waals surface area contributed by atoms with Crippen LogP contribution in [-0.4, -0.2) is 31.6 Å². The minimum atomic E-state index is -1.05. The molecule has 0 aromatic heterocycles. The summed E-state index contributed by atoms with van der Waals surface area (Å²) in [4.78, 5) is 27.9. The number of rotatable bonds is 7. The number of hydrogen-bond donors (Lipinski definition) is 3. The van der Waals surface area contributed by atoms with E-state index in [2.05, 4.69) is 27.8 Å². The highest BCUT2D eigenvalue weighted by Crippen LogP contribution is 2.29. The first kappa shape index (κ1) is 25.2. The Labute approximate surface area is 209 Å². The maximum Gasteiger partial charge on any atom is 0.323 e. The van der Waals surface area contributed by atoms with Gasteiger partial charge in [-0.3, -0.25) is 4.79 Å². The lowest BCUT2D eigenvalue weighted by atomic mass is 9.97. The van der Waals surface area contributed by atoms with Gasteiger partial charge in [0.25, 0.3) is 5.91 Å². The van der Waals surface area contributed by atoms with Gasteiger partial charge in [0.15, 0.2) is 11.6 Å². The van der Waals surface area contributed by atoms with E-state index >= 15 is 0 Å². The van der Waals surface area contributed by atoms with E-state index in [0.29, 0.717) is 30.1 Å². The molecule has 6 nitrogen and oxygen atoms in total. The van der Waals surface area contributed by atoms with Gasteiger partial charge in [-0.05, 0) is 61.1 Å². The molecule has 0 atom stereocenters. The van der Waals surface area contributed by atoms with Crippen LogP contribution < -0.4 is 20.9 Å². The molecule has 3 N–H and O–H groups in total. The zero-order valence-corrected chi connectivity index (χ0v) is 20.2. The summed E-state index contributed by atoms with van der Waals surface area (Å²) >= 11 is 0. The van der Waals surface area contributed by atoms with Gasteiger partial charge in [0.2, 0.25) is 0 Å². The summed E-state index contributed by atoms with van der Waals surface area (Å²) in [6, 6.07) is 17.6. The third-order valence-electron chi connectivity index (χ3n) is 6.34. The van der Waals surface area contributed by atoms with E-state index in [1.54, 1.807) is 12.1 Å². The zero-order valence-electron chi connectivity index (χ0n) is 20.2. The topological polar surface area (TPSA) is 73.5 Å². The highest BCUT2D eigenvalue weighted by Gasteiger charge is 2.22. The van der Waals surface area contributed by atoms with Crippen molar-refractivity contribution in [3.8, 4) is 0 Å². The van der Waals surface area contributed by atoms with Crippen molar-refractivity contribution in [1.29, 1.82) is 0 Å². The van der Waals surface area contributed by atoms with Crippen molar-refractivity contribution in [3.63, 3.8) is 0 Å². The second kappa shape index (κ2) is 11.7. The van der Waals surface area contributed by atoms with Crippen LogP contribution in [0.25, 0.3) is 0 Å². The maximum absolute atomic E-state index is 13.5. The SMILES string of the molecule is CC1CCN(c2ccc(NC(=O)Nc3ccc(F)c(F)c3)cc2C(=O)NCCc2ccccc2)CC1. The number of nitrogens with one attached hydrogen (secondary N) is 3. The minimum Gasteiger partial charge on any atom is -0.371 e. The van der Waals surface area contributed by atoms with Gasteiger partial charge in [-0.2, -0.15) is 0 Å². The quantitative estimate of drug-likeness (QED) is 0.389. The molecule has 4 rings (SSSR count). The van der Waals surface area contributed by atoms with E-state index in [0.717, 1.165) is 49.3 Å². The van der Waals surface area contributed by atoms with Crippen LogP contribution in [0.15, 0.2) is 66.7 Å². The highest BCUT2D eigenvalue weighted by atomic mass is 19.2. The number of carbonyl (C=O) groups excluding carboxylic acids is 2. The first-order valence-corrected chi connectivity index (χ1v) is 12.1. The summed E-state index contributed by atoms with van der Waals surface area (Å²) in [6.07, 6.45) is 2.80. The Kier molecular flexibility index (Phi) is 8.15. The lowest BCUT2D eigenvalue weighted by molar-refractivity contribution is 0.0954. The molecular formula is C28H30F2N4O2. The van der Waals surface area contributed by atoms with Crippen molar-refractivity contribution in [2.24, 2.45) is 5.92 Å². The molecule has 0 saturated carbocycles. The molecule has 1 heterocycles. The molecule has 36 heavy (non-hydrogen) atoms. The first-order valence-electron chi connectivity index (χ1n) is 12.1. The van der Waals surface area contributed by atoms with Crippen LogP contribution in [0.5, 0.6) is 0 Å². The molecular weight excluding hydrogens is 462 g/mol. The standard InChI is InChI=1S/C28H30F2N4O2/c1-19-12-15-34(16-13-19)26-10-8-21(32-28(36)33-22-7-9-24(29)25(30)18-22)17-23(26)27(35)31-14-11-20-5-3-2-4-6-20/h2-10,17-19H,11-16H2,1H3,(H,31,35)(H2,32,33,36). The van der Waals surface area contributed by atoms with Gasteiger partial charge < -0.3 is 20.9 Å². The van der Waals surface area contributed by atoms with Crippen molar-refractivity contribution >= 4 is 29.0 Å². The normalized spacial score (nSPS) is 13.8. The van der Waals surface area contributed by atoms with Crippen LogP contribution in [0.3, 0.4) is 0 Å². The van der Waals surface area contributed by atoms with Crippen molar-refractivity contribution < 1.29 is 18.4 Å². The van der Waals surface area contributed by atoms with Crippen molar-refractivity contribution in [2.75, 3.05) is 35.2 Å². The second-order valence-corrected chi connectivity index (χ2v) is 9.10. The summed E-state index contributed by atoms with van der Waals surface area (Å²) in [5.41, 5.74) is 2.96. The highest BCUT2D eigenvalue weighted by molar-refractivity contribution is 6.04. The lowest BCUT2D eigenvalue weighted by Gasteiger charge is -2.33. The number of halogens is 2. The van der Waals surface area contributed by atoms with Crippen LogP contribution in [0.2, 0.25) is 0 Å². The van der Waals surface area contributed by atoms with Crippen molar-refractivity contribution in [3.05, 3.63) is 89.5 Å². The molecule has 0 aliphatic carbocycles. The van der Waals surface area contributed by atoms with Gasteiger partial charge in [0.1, 0.15) is 0 Å². The van der Waals surface area contributed by atoms with Crippen LogP contribution in [-0.2, 0) is 6.42 Å². The molecule has 0 bridgehead atoms. The predicted molar refractivity (Wildman–Crippen MR) is 139 cm³/mol. The number of anilines is 3. The summed E-state index contributed by atoms with van der Waals surface area (Å²) in [5, 5.41) is 8.15. The van der Waals surface area contributed by atoms with Gasteiger partial charge in [-0.15, -0.1) is 0 Å². The fourth-order valence-corrected chi connectivity index (χ4v) is 4.25. The molecule has 188 valence electrons. The molecule has 0 spiro atoms. The van der Waals surface area contributed by atoms with E-state index < -0.39 is 17.7 Å². The van der Waals surface area contributed by atoms with E-state index in [-0.39, 0.29) is 11.6 Å². The monoisotopic (exact) mass is 492 g/mol. The Morgan fingerprint density at radius 3 is 2.25 bits per heavy atom. The molecule has 1 saturated heterocycles. The fourth-order valence-electron chi connectivity index (χ4n) is 4.25. The van der Waals surface area contributed by atoms with Gasteiger partial charge in [0.05, 0.1) is 5.56 Å². The lowest BCUT2D eigenvalue weighted by Crippen LogP contribution is -2.35. The summed E-state index contributed by atoms with van der Waals surface area (Å²) < 4.78 is 26.6. The molecule has 0 radical (unpaired) electrons. The Bertz CT molecular complexity index is 1210. The van der Waals surface area contributed by atoms with Crippen LogP contribution >= 0.6 is 0 Å². The van der Waals surface area contributed by atoms with Crippen LogP contribution in [0.4, 0.5) is 30.6 Å². The molecule has 3 aromatic carbocycles. The number of piperidine rings is 1. The Morgan fingerprint density at radius 2 is 1.56 bits per heavy atom. The smallest absolute Gasteiger partial charge is 0.323 e. The predicted octanol–water partition coefficient (Wildman–Crippen LogP) is 5.82. The zero-order chi connectivity index (χ0) is 25.5. The van der Waals surface area contributed by atoms with Gasteiger partial charge in [0, 0.05) is 42.8 Å². The number of benzene rings is 3. The summed E-state index contributed by atoms with van der Waals surface area (Å²) in [7, 11) is 0. The number of hydrogen-bond acceptors (Lipinski definition) is 3. The number of nitrogens with zero attached hydrogens (tertiary/aromatic N) is 1. The molecule has 8 heteroatoms. The number of urea groups is 1. The fraction of sp³-hybridized carbons (Fsp3) is 0.286. The van der Waals surface area contributed by atoms with Gasteiger partial charge in [-0.25, -0.2) is 13.6 Å². The molecule has 3 aromatic rings. The minimum absolute atomic E-state index is 0.115. The number of carbonyl (C=O) groups is 2. The maximum atomic E-state index is 13.5. The largest absolute Gasteiger partial charge is 0.371 e. The van der Waals surface area contributed by atoms with E-state index in [1.807, 2.05) is 36.4 Å². The van der Waals surface area contributed by atoms with Crippen LogP contribution in [0, 0.1) is 17.6 Å². The second-order valence-electron chi connectivity index (χ2n) is 9.10. The molecule has 1 fully saturated rings. The molecule has 0 unspecified atom stereocenters.